The van der Waals surface area contributed by atoms with E-state index in [2.05, 4.69) is 11.9 Å². The molecule has 2 rings (SSSR count). The van der Waals surface area contributed by atoms with E-state index in [4.69, 9.17) is 10.5 Å². The molecule has 1 unspecified atom stereocenters. The Bertz CT molecular complexity index is 318. The third-order valence-electron chi connectivity index (χ3n) is 2.90. The molecule has 0 spiro atoms. The lowest BCUT2D eigenvalue weighted by Gasteiger charge is -2.32. The number of ether oxygens (including phenoxy) is 1. The van der Waals surface area contributed by atoms with Gasteiger partial charge in [-0.2, -0.15) is 0 Å². The van der Waals surface area contributed by atoms with Crippen LogP contribution in [0.5, 0.6) is 0 Å². The van der Waals surface area contributed by atoms with Crippen molar-refractivity contribution in [2.24, 2.45) is 5.73 Å². The maximum atomic E-state index is 5.88. The van der Waals surface area contributed by atoms with Crippen LogP contribution in [0.4, 0.5) is 0 Å². The summed E-state index contributed by atoms with van der Waals surface area (Å²) in [6.45, 7) is 3.72. The van der Waals surface area contributed by atoms with Crippen molar-refractivity contribution < 1.29 is 4.74 Å². The molecule has 15 heavy (non-hydrogen) atoms. The fourth-order valence-electron chi connectivity index (χ4n) is 1.92. The summed E-state index contributed by atoms with van der Waals surface area (Å²) >= 11 is 1.75. The van der Waals surface area contributed by atoms with Crippen LogP contribution in [-0.2, 0) is 16.8 Å². The lowest BCUT2D eigenvalue weighted by atomic mass is 9.95. The minimum Gasteiger partial charge on any atom is -0.370 e. The van der Waals surface area contributed by atoms with E-state index in [9.17, 15) is 0 Å². The van der Waals surface area contributed by atoms with Crippen molar-refractivity contribution in [3.63, 3.8) is 0 Å². The molecule has 3 nitrogen and oxygen atoms in total. The van der Waals surface area contributed by atoms with Gasteiger partial charge in [0.25, 0.3) is 0 Å². The molecule has 1 fully saturated rings. The minimum atomic E-state index is -0.0945. The summed E-state index contributed by atoms with van der Waals surface area (Å²) in [7, 11) is 0. The first-order chi connectivity index (χ1) is 7.24. The summed E-state index contributed by atoms with van der Waals surface area (Å²) in [5.74, 6) is 0. The van der Waals surface area contributed by atoms with Crippen molar-refractivity contribution in [2.45, 2.75) is 38.2 Å². The van der Waals surface area contributed by atoms with Crippen molar-refractivity contribution >= 4 is 11.3 Å². The molecule has 1 aliphatic heterocycles. The van der Waals surface area contributed by atoms with Gasteiger partial charge in [0.15, 0.2) is 0 Å². The lowest BCUT2D eigenvalue weighted by Crippen LogP contribution is -2.29. The number of thiazole rings is 1. The number of aromatic nitrogens is 1. The minimum absolute atomic E-state index is 0.0945. The van der Waals surface area contributed by atoms with E-state index in [1.165, 1.54) is 17.7 Å². The Morgan fingerprint density at radius 1 is 1.60 bits per heavy atom. The highest BCUT2D eigenvalue weighted by molar-refractivity contribution is 7.11. The van der Waals surface area contributed by atoms with Crippen LogP contribution in [0.15, 0.2) is 6.20 Å². The smallest absolute Gasteiger partial charge is 0.101 e. The number of nitrogens with two attached hydrogens (primary N) is 1. The highest BCUT2D eigenvalue weighted by Gasteiger charge is 2.31. The molecule has 0 radical (unpaired) electrons. The van der Waals surface area contributed by atoms with E-state index in [1.807, 2.05) is 6.20 Å². The zero-order valence-electron chi connectivity index (χ0n) is 9.16. The van der Waals surface area contributed by atoms with Crippen molar-refractivity contribution in [1.82, 2.24) is 4.98 Å². The van der Waals surface area contributed by atoms with Gasteiger partial charge in [0.1, 0.15) is 5.60 Å². The van der Waals surface area contributed by atoms with Crippen LogP contribution in [0.3, 0.4) is 0 Å². The van der Waals surface area contributed by atoms with Crippen molar-refractivity contribution in [3.8, 4) is 0 Å². The zero-order chi connectivity index (χ0) is 10.7. The molecule has 1 aromatic rings. The molecule has 1 aromatic heterocycles. The molecule has 0 saturated carbocycles. The third kappa shape index (κ3) is 2.38. The van der Waals surface area contributed by atoms with Crippen LogP contribution in [-0.4, -0.2) is 18.1 Å². The van der Waals surface area contributed by atoms with Crippen LogP contribution in [0.25, 0.3) is 0 Å². The van der Waals surface area contributed by atoms with Crippen LogP contribution in [0.2, 0.25) is 0 Å². The molecule has 2 heterocycles. The summed E-state index contributed by atoms with van der Waals surface area (Å²) in [4.78, 5) is 5.64. The number of rotatable bonds is 3. The van der Waals surface area contributed by atoms with E-state index in [0.717, 1.165) is 24.5 Å². The van der Waals surface area contributed by atoms with Crippen molar-refractivity contribution in [3.05, 3.63) is 16.1 Å². The fraction of sp³-hybridized carbons (Fsp3) is 0.727. The van der Waals surface area contributed by atoms with Crippen LogP contribution < -0.4 is 5.73 Å². The van der Waals surface area contributed by atoms with Gasteiger partial charge < -0.3 is 10.5 Å². The topological polar surface area (TPSA) is 48.1 Å². The van der Waals surface area contributed by atoms with Gasteiger partial charge >= 0.3 is 0 Å². The first kappa shape index (κ1) is 11.0. The Hall–Kier alpha value is -0.450. The van der Waals surface area contributed by atoms with Crippen LogP contribution in [0.1, 0.15) is 36.1 Å². The van der Waals surface area contributed by atoms with E-state index in [1.54, 1.807) is 11.3 Å². The summed E-state index contributed by atoms with van der Waals surface area (Å²) < 4.78 is 5.88. The molecule has 84 valence electrons. The number of hydrogen-bond acceptors (Lipinski definition) is 4. The molecule has 0 amide bonds. The van der Waals surface area contributed by atoms with Gasteiger partial charge in [0.2, 0.25) is 0 Å². The molecule has 0 aliphatic carbocycles. The summed E-state index contributed by atoms with van der Waals surface area (Å²) in [5, 5.41) is 1.13. The maximum Gasteiger partial charge on any atom is 0.101 e. The lowest BCUT2D eigenvalue weighted by molar-refractivity contribution is -0.0677. The standard InChI is InChI=1S/C11H18N2OS/c1-11(5-2-3-7-14-11)9-8-13-10(15-9)4-6-12/h8H,2-7,12H2,1H3. The molecular formula is C11H18N2OS. The largest absolute Gasteiger partial charge is 0.370 e. The SMILES string of the molecule is CC1(c2cnc(CCN)s2)CCCCO1. The van der Waals surface area contributed by atoms with Crippen molar-refractivity contribution in [2.75, 3.05) is 13.2 Å². The van der Waals surface area contributed by atoms with Gasteiger partial charge in [-0.15, -0.1) is 11.3 Å². The highest BCUT2D eigenvalue weighted by Crippen LogP contribution is 2.37. The number of hydrogen-bond donors (Lipinski definition) is 1. The average molecular weight is 226 g/mol. The van der Waals surface area contributed by atoms with Gasteiger partial charge in [0, 0.05) is 19.2 Å². The molecule has 4 heteroatoms. The Labute approximate surface area is 94.7 Å². The normalized spacial score (nSPS) is 26.8. The second kappa shape index (κ2) is 4.60. The first-order valence-electron chi connectivity index (χ1n) is 5.54. The van der Waals surface area contributed by atoms with Gasteiger partial charge in [-0.25, -0.2) is 4.98 Å². The van der Waals surface area contributed by atoms with Gasteiger partial charge in [-0.1, -0.05) is 0 Å². The Balaban J connectivity index is 2.12. The Kier molecular flexibility index (Phi) is 3.38. The maximum absolute atomic E-state index is 5.88. The highest BCUT2D eigenvalue weighted by atomic mass is 32.1. The van der Waals surface area contributed by atoms with Crippen molar-refractivity contribution in [1.29, 1.82) is 0 Å². The summed E-state index contributed by atoms with van der Waals surface area (Å²) in [6, 6.07) is 0. The molecule has 0 aromatic carbocycles. The molecular weight excluding hydrogens is 208 g/mol. The van der Waals surface area contributed by atoms with Crippen LogP contribution >= 0.6 is 11.3 Å². The van der Waals surface area contributed by atoms with E-state index in [0.29, 0.717) is 6.54 Å². The molecule has 1 atom stereocenters. The monoisotopic (exact) mass is 226 g/mol. The van der Waals surface area contributed by atoms with Gasteiger partial charge in [-0.05, 0) is 32.7 Å². The molecule has 0 bridgehead atoms. The molecule has 2 N–H and O–H groups in total. The fourth-order valence-corrected chi connectivity index (χ4v) is 2.98. The first-order valence-corrected chi connectivity index (χ1v) is 6.35. The van der Waals surface area contributed by atoms with E-state index >= 15 is 0 Å². The second-order valence-corrected chi connectivity index (χ2v) is 5.31. The van der Waals surface area contributed by atoms with E-state index in [-0.39, 0.29) is 5.60 Å². The number of nitrogens with zero attached hydrogens (tertiary/aromatic N) is 1. The predicted octanol–water partition coefficient (Wildman–Crippen LogP) is 2.06. The third-order valence-corrected chi connectivity index (χ3v) is 4.20. The Morgan fingerprint density at radius 3 is 3.13 bits per heavy atom. The van der Waals surface area contributed by atoms with Gasteiger partial charge in [-0.3, -0.25) is 0 Å². The van der Waals surface area contributed by atoms with Crippen LogP contribution in [0, 0.1) is 0 Å². The summed E-state index contributed by atoms with van der Waals surface area (Å²) in [5.41, 5.74) is 5.42. The second-order valence-electron chi connectivity index (χ2n) is 4.19. The summed E-state index contributed by atoms with van der Waals surface area (Å²) in [6.07, 6.45) is 6.38. The predicted molar refractivity (Wildman–Crippen MR) is 62.0 cm³/mol. The molecule has 1 saturated heterocycles. The van der Waals surface area contributed by atoms with E-state index < -0.39 is 0 Å². The zero-order valence-corrected chi connectivity index (χ0v) is 9.98. The average Bonchev–Trinajstić information content (AvgIpc) is 2.69. The molecule has 1 aliphatic rings. The van der Waals surface area contributed by atoms with Gasteiger partial charge in [0.05, 0.1) is 9.88 Å². The Morgan fingerprint density at radius 2 is 2.47 bits per heavy atom. The quantitative estimate of drug-likeness (QED) is 0.858.